The van der Waals surface area contributed by atoms with Gasteiger partial charge in [-0.1, -0.05) is 43.7 Å². The maximum absolute atomic E-state index is 12.3. The van der Waals surface area contributed by atoms with Crippen molar-refractivity contribution in [1.82, 2.24) is 14.6 Å². The van der Waals surface area contributed by atoms with E-state index in [-0.39, 0.29) is 22.9 Å². The summed E-state index contributed by atoms with van der Waals surface area (Å²) in [6.07, 6.45) is 0. The van der Waals surface area contributed by atoms with Gasteiger partial charge in [-0.15, -0.1) is 0 Å². The van der Waals surface area contributed by atoms with E-state index in [9.17, 15) is 9.90 Å². The molecular weight excluding hydrogens is 266 g/mol. The van der Waals surface area contributed by atoms with E-state index in [1.54, 1.807) is 12.1 Å². The van der Waals surface area contributed by atoms with Crippen LogP contribution in [-0.4, -0.2) is 19.7 Å². The van der Waals surface area contributed by atoms with Crippen molar-refractivity contribution in [3.05, 3.63) is 51.9 Å². The Hall–Kier alpha value is -2.56. The highest BCUT2D eigenvalue weighted by Gasteiger charge is 2.16. The molecule has 0 spiro atoms. The van der Waals surface area contributed by atoms with Crippen LogP contribution < -0.4 is 5.56 Å². The largest absolute Gasteiger partial charge is 0.493 e. The summed E-state index contributed by atoms with van der Waals surface area (Å²) in [5, 5.41) is 14.8. The minimum Gasteiger partial charge on any atom is -0.493 e. The van der Waals surface area contributed by atoms with Crippen molar-refractivity contribution >= 4 is 5.65 Å². The van der Waals surface area contributed by atoms with E-state index in [0.29, 0.717) is 11.2 Å². The third kappa shape index (κ3) is 2.20. The van der Waals surface area contributed by atoms with Gasteiger partial charge < -0.3 is 10.1 Å². The van der Waals surface area contributed by atoms with Gasteiger partial charge in [-0.25, -0.2) is 0 Å². The number of rotatable bonds is 2. The van der Waals surface area contributed by atoms with Crippen LogP contribution in [-0.2, 0) is 0 Å². The van der Waals surface area contributed by atoms with Crippen LogP contribution in [0.4, 0.5) is 0 Å². The molecule has 0 aliphatic rings. The molecule has 0 saturated carbocycles. The Morgan fingerprint density at radius 1 is 1.29 bits per heavy atom. The van der Waals surface area contributed by atoms with Gasteiger partial charge in [-0.2, -0.15) is 9.61 Å². The molecular formula is C16H17N3O2. The van der Waals surface area contributed by atoms with Crippen molar-refractivity contribution in [2.24, 2.45) is 0 Å². The van der Waals surface area contributed by atoms with Crippen LogP contribution in [0, 0.1) is 6.92 Å². The van der Waals surface area contributed by atoms with E-state index in [1.807, 2.05) is 39.0 Å². The van der Waals surface area contributed by atoms with Gasteiger partial charge >= 0.3 is 0 Å². The molecule has 21 heavy (non-hydrogen) atoms. The fourth-order valence-corrected chi connectivity index (χ4v) is 2.38. The van der Waals surface area contributed by atoms with Gasteiger partial charge in [0.2, 0.25) is 5.88 Å². The van der Waals surface area contributed by atoms with E-state index in [4.69, 9.17) is 0 Å². The minimum absolute atomic E-state index is 0.133. The Kier molecular flexibility index (Phi) is 3.05. The van der Waals surface area contributed by atoms with E-state index in [2.05, 4.69) is 10.1 Å². The number of aryl methyl sites for hydroxylation is 1. The molecule has 2 heterocycles. The second-order valence-electron chi connectivity index (χ2n) is 5.54. The predicted octanol–water partition coefficient (Wildman–Crippen LogP) is 2.83. The third-order valence-corrected chi connectivity index (χ3v) is 3.52. The summed E-state index contributed by atoms with van der Waals surface area (Å²) in [6.45, 7) is 5.97. The van der Waals surface area contributed by atoms with Crippen LogP contribution in [0.1, 0.15) is 31.0 Å². The van der Waals surface area contributed by atoms with Crippen molar-refractivity contribution in [3.8, 4) is 17.0 Å². The second kappa shape index (κ2) is 4.77. The third-order valence-electron chi connectivity index (χ3n) is 3.52. The zero-order chi connectivity index (χ0) is 15.1. The Balaban J connectivity index is 2.31. The molecule has 2 N–H and O–H groups in total. The molecule has 3 aromatic rings. The van der Waals surface area contributed by atoms with Crippen LogP contribution in [0.15, 0.2) is 35.1 Å². The number of hydrogen-bond acceptors (Lipinski definition) is 3. The lowest BCUT2D eigenvalue weighted by Gasteiger charge is -2.06. The molecule has 5 heteroatoms. The molecule has 0 unspecified atom stereocenters. The van der Waals surface area contributed by atoms with Crippen LogP contribution in [0.2, 0.25) is 0 Å². The number of hydrogen-bond donors (Lipinski definition) is 2. The Morgan fingerprint density at radius 2 is 2.05 bits per heavy atom. The zero-order valence-electron chi connectivity index (χ0n) is 12.2. The average Bonchev–Trinajstić information content (AvgIpc) is 2.83. The fourth-order valence-electron chi connectivity index (χ4n) is 2.38. The highest BCUT2D eigenvalue weighted by Crippen LogP contribution is 2.27. The van der Waals surface area contributed by atoms with Crippen LogP contribution in [0.3, 0.4) is 0 Å². The molecule has 0 fully saturated rings. The van der Waals surface area contributed by atoms with E-state index in [1.165, 1.54) is 4.52 Å². The molecule has 0 aliphatic heterocycles. The first-order valence-corrected chi connectivity index (χ1v) is 6.89. The first-order chi connectivity index (χ1) is 9.97. The Labute approximate surface area is 121 Å². The van der Waals surface area contributed by atoms with Gasteiger partial charge in [0.25, 0.3) is 5.56 Å². The quantitative estimate of drug-likeness (QED) is 0.759. The maximum Gasteiger partial charge on any atom is 0.262 e. The normalized spacial score (nSPS) is 11.4. The van der Waals surface area contributed by atoms with E-state index < -0.39 is 0 Å². The van der Waals surface area contributed by atoms with Gasteiger partial charge in [0, 0.05) is 6.07 Å². The Morgan fingerprint density at radius 3 is 2.71 bits per heavy atom. The van der Waals surface area contributed by atoms with Crippen molar-refractivity contribution in [2.45, 2.75) is 26.7 Å². The molecule has 0 aliphatic carbocycles. The van der Waals surface area contributed by atoms with Gasteiger partial charge in [0.15, 0.2) is 0 Å². The first-order valence-electron chi connectivity index (χ1n) is 6.89. The van der Waals surface area contributed by atoms with Crippen molar-refractivity contribution in [2.75, 3.05) is 0 Å². The molecule has 0 radical (unpaired) electrons. The van der Waals surface area contributed by atoms with Crippen molar-refractivity contribution in [3.63, 3.8) is 0 Å². The predicted molar refractivity (Wildman–Crippen MR) is 81.7 cm³/mol. The number of aromatic amines is 1. The number of benzene rings is 1. The molecule has 0 saturated heterocycles. The second-order valence-corrected chi connectivity index (χ2v) is 5.54. The lowest BCUT2D eigenvalue weighted by Crippen LogP contribution is -2.12. The number of aromatic nitrogens is 3. The summed E-state index contributed by atoms with van der Waals surface area (Å²) in [6, 6.07) is 9.25. The van der Waals surface area contributed by atoms with Gasteiger partial charge in [0.1, 0.15) is 11.2 Å². The summed E-state index contributed by atoms with van der Waals surface area (Å²) in [5.41, 5.74) is 2.94. The summed E-state index contributed by atoms with van der Waals surface area (Å²) < 4.78 is 1.38. The average molecular weight is 283 g/mol. The number of nitrogens with zero attached hydrogens (tertiary/aromatic N) is 2. The zero-order valence-corrected chi connectivity index (χ0v) is 12.2. The number of nitrogens with one attached hydrogen (secondary N) is 1. The first kappa shape index (κ1) is 13.4. The lowest BCUT2D eigenvalue weighted by atomic mass is 10.1. The number of H-pyrrole nitrogens is 1. The molecule has 108 valence electrons. The molecule has 5 nitrogen and oxygen atoms in total. The highest BCUT2D eigenvalue weighted by molar-refractivity contribution is 5.69. The molecule has 0 atom stereocenters. The van der Waals surface area contributed by atoms with Gasteiger partial charge in [-0.3, -0.25) is 4.79 Å². The SMILES string of the molecule is Cc1cccc(-c2c(O)n3nc(C(C)C)cc3[nH]c2=O)c1. The topological polar surface area (TPSA) is 70.4 Å². The number of fused-ring (bicyclic) bond motifs is 1. The van der Waals surface area contributed by atoms with Crippen LogP contribution in [0.25, 0.3) is 16.8 Å². The standard InChI is InChI=1S/C16H17N3O2/c1-9(2)12-8-13-17-15(20)14(16(21)19(13)18-12)11-6-4-5-10(3)7-11/h4-9,21H,1-3H3,(H,17,20). The van der Waals surface area contributed by atoms with Crippen LogP contribution in [0.5, 0.6) is 5.88 Å². The summed E-state index contributed by atoms with van der Waals surface area (Å²) >= 11 is 0. The molecule has 3 rings (SSSR count). The smallest absolute Gasteiger partial charge is 0.262 e. The summed E-state index contributed by atoms with van der Waals surface area (Å²) in [4.78, 5) is 15.1. The summed E-state index contributed by atoms with van der Waals surface area (Å²) in [7, 11) is 0. The van der Waals surface area contributed by atoms with E-state index in [0.717, 1.165) is 11.3 Å². The van der Waals surface area contributed by atoms with Gasteiger partial charge in [-0.05, 0) is 18.4 Å². The maximum atomic E-state index is 12.3. The lowest BCUT2D eigenvalue weighted by molar-refractivity contribution is 0.435. The monoisotopic (exact) mass is 283 g/mol. The van der Waals surface area contributed by atoms with Crippen molar-refractivity contribution < 1.29 is 5.11 Å². The minimum atomic E-state index is -0.319. The molecule has 2 aromatic heterocycles. The summed E-state index contributed by atoms with van der Waals surface area (Å²) in [5.74, 6) is 0.0847. The fraction of sp³-hybridized carbons (Fsp3) is 0.250. The highest BCUT2D eigenvalue weighted by atomic mass is 16.3. The molecule has 0 bridgehead atoms. The van der Waals surface area contributed by atoms with Crippen molar-refractivity contribution in [1.29, 1.82) is 0 Å². The van der Waals surface area contributed by atoms with E-state index >= 15 is 0 Å². The molecule has 0 amide bonds. The number of aromatic hydroxyl groups is 1. The molecule has 1 aromatic carbocycles. The van der Waals surface area contributed by atoms with Crippen LogP contribution >= 0.6 is 0 Å². The Bertz CT molecular complexity index is 875. The van der Waals surface area contributed by atoms with Gasteiger partial charge in [0.05, 0.1) is 5.69 Å².